The van der Waals surface area contributed by atoms with Crippen molar-refractivity contribution in [3.05, 3.63) is 24.3 Å². The van der Waals surface area contributed by atoms with Gasteiger partial charge in [-0.2, -0.15) is 0 Å². The zero-order valence-electron chi connectivity index (χ0n) is 13.0. The highest BCUT2D eigenvalue weighted by Crippen LogP contribution is 2.32. The second-order valence-corrected chi connectivity index (χ2v) is 6.00. The number of anilines is 1. The number of benzene rings is 1. The Balaban J connectivity index is 1.87. The summed E-state index contributed by atoms with van der Waals surface area (Å²) >= 11 is 0. The van der Waals surface area contributed by atoms with Gasteiger partial charge in [0.05, 0.1) is 12.3 Å². The molecule has 0 amide bonds. The van der Waals surface area contributed by atoms with Crippen molar-refractivity contribution >= 4 is 5.69 Å². The summed E-state index contributed by atoms with van der Waals surface area (Å²) in [6.07, 6.45) is 9.14. The summed E-state index contributed by atoms with van der Waals surface area (Å²) in [5.74, 6) is 1.97. The summed E-state index contributed by atoms with van der Waals surface area (Å²) in [4.78, 5) is 0. The van der Waals surface area contributed by atoms with Crippen LogP contribution >= 0.6 is 0 Å². The summed E-state index contributed by atoms with van der Waals surface area (Å²) < 4.78 is 5.83. The topological polar surface area (TPSA) is 21.3 Å². The van der Waals surface area contributed by atoms with Crippen molar-refractivity contribution in [3.8, 4) is 5.75 Å². The third kappa shape index (κ3) is 4.43. The Hall–Kier alpha value is -1.18. The molecule has 1 aromatic rings. The average molecular weight is 275 g/mol. The van der Waals surface area contributed by atoms with Crippen molar-refractivity contribution in [1.29, 1.82) is 0 Å². The highest BCUT2D eigenvalue weighted by atomic mass is 16.5. The molecular weight excluding hydrogens is 246 g/mol. The Morgan fingerprint density at radius 2 is 1.80 bits per heavy atom. The molecule has 0 heterocycles. The number of nitrogens with one attached hydrogen (secondary N) is 1. The Morgan fingerprint density at radius 1 is 1.05 bits per heavy atom. The Bertz CT molecular complexity index is 383. The van der Waals surface area contributed by atoms with Gasteiger partial charge in [0.15, 0.2) is 0 Å². The van der Waals surface area contributed by atoms with Gasteiger partial charge in [0.2, 0.25) is 0 Å². The van der Waals surface area contributed by atoms with Gasteiger partial charge in [0.1, 0.15) is 5.75 Å². The molecule has 0 spiro atoms. The fraction of sp³-hybridized carbons (Fsp3) is 0.667. The fourth-order valence-corrected chi connectivity index (χ4v) is 3.15. The first-order valence-corrected chi connectivity index (χ1v) is 8.31. The standard InChI is InChI=1S/C18H29NO/c1-3-7-15-10-12-16(13-11-15)19-17-8-5-6-9-18(17)20-14-4-2/h5-6,8-9,15-16,19H,3-4,7,10-14H2,1-2H3. The van der Waals surface area contributed by atoms with Crippen molar-refractivity contribution in [3.63, 3.8) is 0 Å². The van der Waals surface area contributed by atoms with E-state index in [1.54, 1.807) is 0 Å². The van der Waals surface area contributed by atoms with Gasteiger partial charge in [-0.15, -0.1) is 0 Å². The summed E-state index contributed by atoms with van der Waals surface area (Å²) in [7, 11) is 0. The predicted molar refractivity (Wildman–Crippen MR) is 86.5 cm³/mol. The minimum absolute atomic E-state index is 0.620. The summed E-state index contributed by atoms with van der Waals surface area (Å²) in [6.45, 7) is 5.23. The third-order valence-corrected chi connectivity index (χ3v) is 4.25. The molecule has 1 fully saturated rings. The first-order chi connectivity index (χ1) is 9.83. The molecule has 1 aromatic carbocycles. The van der Waals surface area contributed by atoms with Crippen LogP contribution in [-0.4, -0.2) is 12.6 Å². The quantitative estimate of drug-likeness (QED) is 0.734. The van der Waals surface area contributed by atoms with Gasteiger partial charge in [-0.3, -0.25) is 0 Å². The summed E-state index contributed by atoms with van der Waals surface area (Å²) in [5, 5.41) is 3.70. The predicted octanol–water partition coefficient (Wildman–Crippen LogP) is 5.25. The number of hydrogen-bond donors (Lipinski definition) is 1. The number of ether oxygens (including phenoxy) is 1. The number of rotatable bonds is 7. The lowest BCUT2D eigenvalue weighted by Crippen LogP contribution is -2.26. The van der Waals surface area contributed by atoms with E-state index in [4.69, 9.17) is 4.74 Å². The van der Waals surface area contributed by atoms with Gasteiger partial charge in [0.25, 0.3) is 0 Å². The Labute approximate surface area is 123 Å². The van der Waals surface area contributed by atoms with Gasteiger partial charge in [-0.05, 0) is 50.2 Å². The molecule has 0 radical (unpaired) electrons. The van der Waals surface area contributed by atoms with E-state index in [2.05, 4.69) is 37.4 Å². The third-order valence-electron chi connectivity index (χ3n) is 4.25. The minimum Gasteiger partial charge on any atom is -0.491 e. The van der Waals surface area contributed by atoms with E-state index in [0.717, 1.165) is 24.7 Å². The van der Waals surface area contributed by atoms with Crippen LogP contribution in [0.3, 0.4) is 0 Å². The smallest absolute Gasteiger partial charge is 0.142 e. The normalized spacial score (nSPS) is 22.5. The first kappa shape index (κ1) is 15.2. The Kier molecular flexibility index (Phi) is 6.23. The highest BCUT2D eigenvalue weighted by molar-refractivity contribution is 5.56. The van der Waals surface area contributed by atoms with Gasteiger partial charge >= 0.3 is 0 Å². The van der Waals surface area contributed by atoms with E-state index in [9.17, 15) is 0 Å². The SMILES string of the molecule is CCCOc1ccccc1NC1CCC(CCC)CC1. The molecule has 0 saturated heterocycles. The second kappa shape index (κ2) is 8.18. The lowest BCUT2D eigenvalue weighted by molar-refractivity contribution is 0.311. The van der Waals surface area contributed by atoms with Crippen molar-refractivity contribution in [2.75, 3.05) is 11.9 Å². The molecule has 1 saturated carbocycles. The molecule has 1 aliphatic rings. The molecule has 1 aliphatic carbocycles. The number of para-hydroxylation sites is 2. The van der Waals surface area contributed by atoms with E-state index in [0.29, 0.717) is 6.04 Å². The molecule has 2 nitrogen and oxygen atoms in total. The lowest BCUT2D eigenvalue weighted by atomic mass is 9.83. The average Bonchev–Trinajstić information content (AvgIpc) is 2.49. The molecule has 0 unspecified atom stereocenters. The van der Waals surface area contributed by atoms with Crippen LogP contribution < -0.4 is 10.1 Å². The van der Waals surface area contributed by atoms with Crippen LogP contribution in [0.2, 0.25) is 0 Å². The van der Waals surface area contributed by atoms with Crippen molar-refractivity contribution in [1.82, 2.24) is 0 Å². The van der Waals surface area contributed by atoms with Crippen LogP contribution in [0, 0.1) is 5.92 Å². The molecule has 112 valence electrons. The molecule has 2 heteroatoms. The molecule has 0 atom stereocenters. The zero-order chi connectivity index (χ0) is 14.2. The summed E-state index contributed by atoms with van der Waals surface area (Å²) in [5.41, 5.74) is 1.17. The second-order valence-electron chi connectivity index (χ2n) is 6.00. The monoisotopic (exact) mass is 275 g/mol. The maximum Gasteiger partial charge on any atom is 0.142 e. The lowest BCUT2D eigenvalue weighted by Gasteiger charge is -2.30. The maximum absolute atomic E-state index is 5.83. The van der Waals surface area contributed by atoms with Gasteiger partial charge in [-0.1, -0.05) is 38.8 Å². The molecule has 0 aromatic heterocycles. The van der Waals surface area contributed by atoms with E-state index in [-0.39, 0.29) is 0 Å². The van der Waals surface area contributed by atoms with E-state index < -0.39 is 0 Å². The van der Waals surface area contributed by atoms with Crippen molar-refractivity contribution < 1.29 is 4.74 Å². The molecule has 0 aliphatic heterocycles. The molecule has 2 rings (SSSR count). The van der Waals surface area contributed by atoms with Gasteiger partial charge < -0.3 is 10.1 Å². The van der Waals surface area contributed by atoms with Crippen LogP contribution in [0.15, 0.2) is 24.3 Å². The molecular formula is C18H29NO. The van der Waals surface area contributed by atoms with Gasteiger partial charge in [0, 0.05) is 6.04 Å². The largest absolute Gasteiger partial charge is 0.491 e. The van der Waals surface area contributed by atoms with Gasteiger partial charge in [-0.25, -0.2) is 0 Å². The zero-order valence-corrected chi connectivity index (χ0v) is 13.0. The van der Waals surface area contributed by atoms with E-state index in [1.807, 2.05) is 6.07 Å². The molecule has 0 bridgehead atoms. The maximum atomic E-state index is 5.83. The summed E-state index contributed by atoms with van der Waals surface area (Å²) in [6, 6.07) is 8.97. The van der Waals surface area contributed by atoms with Crippen LogP contribution in [0.1, 0.15) is 58.8 Å². The van der Waals surface area contributed by atoms with Crippen LogP contribution in [0.25, 0.3) is 0 Å². The highest BCUT2D eigenvalue weighted by Gasteiger charge is 2.21. The van der Waals surface area contributed by atoms with Crippen molar-refractivity contribution in [2.45, 2.75) is 64.8 Å². The van der Waals surface area contributed by atoms with E-state index in [1.165, 1.54) is 44.2 Å². The molecule has 1 N–H and O–H groups in total. The first-order valence-electron chi connectivity index (χ1n) is 8.31. The molecule has 20 heavy (non-hydrogen) atoms. The van der Waals surface area contributed by atoms with Crippen LogP contribution in [-0.2, 0) is 0 Å². The fourth-order valence-electron chi connectivity index (χ4n) is 3.15. The minimum atomic E-state index is 0.620. The Morgan fingerprint density at radius 3 is 2.50 bits per heavy atom. The van der Waals surface area contributed by atoms with E-state index >= 15 is 0 Å². The number of hydrogen-bond acceptors (Lipinski definition) is 2. The van der Waals surface area contributed by atoms with Crippen LogP contribution in [0.4, 0.5) is 5.69 Å². The van der Waals surface area contributed by atoms with Crippen molar-refractivity contribution in [2.24, 2.45) is 5.92 Å². The van der Waals surface area contributed by atoms with Crippen LogP contribution in [0.5, 0.6) is 5.75 Å².